The first-order chi connectivity index (χ1) is 8.05. The maximum absolute atomic E-state index is 11.3. The Bertz CT molecular complexity index is 418. The fourth-order valence-corrected chi connectivity index (χ4v) is 2.06. The summed E-state index contributed by atoms with van der Waals surface area (Å²) in [4.78, 5) is 17.7. The smallest absolute Gasteiger partial charge is 0.225 e. The lowest BCUT2D eigenvalue weighted by Crippen LogP contribution is -2.37. The van der Waals surface area contributed by atoms with Gasteiger partial charge in [-0.2, -0.15) is 0 Å². The maximum atomic E-state index is 11.3. The topological polar surface area (TPSA) is 79.5 Å². The van der Waals surface area contributed by atoms with Gasteiger partial charge in [0.05, 0.1) is 12.0 Å². The Morgan fingerprint density at radius 2 is 2.41 bits per heavy atom. The Morgan fingerprint density at radius 1 is 1.65 bits per heavy atom. The van der Waals surface area contributed by atoms with Gasteiger partial charge in [0.15, 0.2) is 0 Å². The molecule has 0 spiro atoms. The van der Waals surface area contributed by atoms with Crippen LogP contribution in [0.1, 0.15) is 18.9 Å². The molecule has 2 rings (SSSR count). The molecule has 0 aromatic carbocycles. The number of hydrogen-bond acceptors (Lipinski definition) is 4. The van der Waals surface area contributed by atoms with Crippen molar-refractivity contribution in [1.82, 2.24) is 4.98 Å². The lowest BCUT2D eigenvalue weighted by Gasteiger charge is -2.21. The largest absolute Gasteiger partial charge is 0.392 e. The van der Waals surface area contributed by atoms with Gasteiger partial charge < -0.3 is 15.7 Å². The zero-order valence-electron chi connectivity index (χ0n) is 9.89. The number of nitrogens with zero attached hydrogens (tertiary/aromatic N) is 2. The Kier molecular flexibility index (Phi) is 3.02. The van der Waals surface area contributed by atoms with E-state index in [1.165, 1.54) is 0 Å². The van der Waals surface area contributed by atoms with Crippen LogP contribution in [0.15, 0.2) is 18.3 Å². The Balaban J connectivity index is 2.12. The third-order valence-electron chi connectivity index (χ3n) is 3.38. The summed E-state index contributed by atoms with van der Waals surface area (Å²) in [6, 6.07) is 3.69. The predicted molar refractivity (Wildman–Crippen MR) is 64.3 cm³/mol. The first-order valence-electron chi connectivity index (χ1n) is 5.66. The van der Waals surface area contributed by atoms with Gasteiger partial charge in [0, 0.05) is 19.3 Å². The van der Waals surface area contributed by atoms with Crippen molar-refractivity contribution in [1.29, 1.82) is 0 Å². The van der Waals surface area contributed by atoms with Crippen LogP contribution in [-0.4, -0.2) is 29.1 Å². The number of carbonyl (C=O) groups excluding carboxylic acids is 1. The molecule has 1 amide bonds. The first-order valence-corrected chi connectivity index (χ1v) is 5.66. The summed E-state index contributed by atoms with van der Waals surface area (Å²) in [6.45, 7) is 3.27. The third-order valence-corrected chi connectivity index (χ3v) is 3.38. The van der Waals surface area contributed by atoms with Crippen LogP contribution in [0.3, 0.4) is 0 Å². The van der Waals surface area contributed by atoms with Gasteiger partial charge in [-0.25, -0.2) is 4.98 Å². The van der Waals surface area contributed by atoms with E-state index in [1.807, 2.05) is 24.0 Å². The Morgan fingerprint density at radius 3 is 2.88 bits per heavy atom. The van der Waals surface area contributed by atoms with Gasteiger partial charge in [0.25, 0.3) is 0 Å². The van der Waals surface area contributed by atoms with Gasteiger partial charge in [-0.15, -0.1) is 0 Å². The van der Waals surface area contributed by atoms with Crippen LogP contribution < -0.4 is 10.6 Å². The van der Waals surface area contributed by atoms with Crippen molar-refractivity contribution in [2.24, 2.45) is 11.1 Å². The van der Waals surface area contributed by atoms with Crippen LogP contribution >= 0.6 is 0 Å². The number of aliphatic hydroxyl groups is 1. The zero-order chi connectivity index (χ0) is 12.5. The minimum Gasteiger partial charge on any atom is -0.392 e. The second-order valence-corrected chi connectivity index (χ2v) is 4.78. The van der Waals surface area contributed by atoms with Crippen molar-refractivity contribution in [3.63, 3.8) is 0 Å². The van der Waals surface area contributed by atoms with Crippen molar-refractivity contribution in [3.8, 4) is 0 Å². The molecule has 0 bridgehead atoms. The van der Waals surface area contributed by atoms with E-state index < -0.39 is 5.41 Å². The van der Waals surface area contributed by atoms with Gasteiger partial charge in [0.1, 0.15) is 5.82 Å². The Labute approximate surface area is 100 Å². The molecule has 1 aromatic rings. The fourth-order valence-electron chi connectivity index (χ4n) is 2.06. The van der Waals surface area contributed by atoms with Crippen LogP contribution in [0.2, 0.25) is 0 Å². The third kappa shape index (κ3) is 2.24. The van der Waals surface area contributed by atoms with E-state index in [-0.39, 0.29) is 12.5 Å². The average Bonchev–Trinajstić information content (AvgIpc) is 2.74. The molecule has 92 valence electrons. The average molecular weight is 235 g/mol. The second-order valence-electron chi connectivity index (χ2n) is 4.78. The lowest BCUT2D eigenvalue weighted by molar-refractivity contribution is -0.125. The minimum absolute atomic E-state index is 0.00766. The summed E-state index contributed by atoms with van der Waals surface area (Å²) in [6.07, 6.45) is 2.40. The molecule has 1 fully saturated rings. The molecule has 1 aliphatic rings. The highest BCUT2D eigenvalue weighted by molar-refractivity contribution is 5.82. The van der Waals surface area contributed by atoms with Crippen LogP contribution in [0.4, 0.5) is 5.82 Å². The van der Waals surface area contributed by atoms with Gasteiger partial charge in [-0.05, 0) is 25.0 Å². The van der Waals surface area contributed by atoms with Crippen LogP contribution in [0.5, 0.6) is 0 Å². The standard InChI is InChI=1S/C12H17N3O2/c1-12(11(13)17)4-5-15(8-12)10-3-2-9(7-16)6-14-10/h2-3,6,16H,4-5,7-8H2,1H3,(H2,13,17). The zero-order valence-corrected chi connectivity index (χ0v) is 9.89. The van der Waals surface area contributed by atoms with Crippen LogP contribution in [0.25, 0.3) is 0 Å². The molecule has 1 aliphatic heterocycles. The number of carbonyl (C=O) groups is 1. The minimum atomic E-state index is -0.461. The molecule has 17 heavy (non-hydrogen) atoms. The summed E-state index contributed by atoms with van der Waals surface area (Å²) < 4.78 is 0. The number of primary amides is 1. The molecule has 0 saturated carbocycles. The SMILES string of the molecule is CC1(C(N)=O)CCN(c2ccc(CO)cn2)C1. The molecule has 1 atom stereocenters. The summed E-state index contributed by atoms with van der Waals surface area (Å²) in [7, 11) is 0. The number of anilines is 1. The van der Waals surface area contributed by atoms with Crippen LogP contribution in [-0.2, 0) is 11.4 Å². The van der Waals surface area contributed by atoms with E-state index in [4.69, 9.17) is 10.8 Å². The second kappa shape index (κ2) is 4.33. The lowest BCUT2D eigenvalue weighted by atomic mass is 9.89. The summed E-state index contributed by atoms with van der Waals surface area (Å²) in [5.41, 5.74) is 5.72. The molecular weight excluding hydrogens is 218 g/mol. The van der Waals surface area contributed by atoms with Gasteiger partial charge in [-0.3, -0.25) is 4.79 Å². The maximum Gasteiger partial charge on any atom is 0.225 e. The molecule has 1 saturated heterocycles. The molecule has 5 nitrogen and oxygen atoms in total. The highest BCUT2D eigenvalue weighted by Crippen LogP contribution is 2.31. The van der Waals surface area contributed by atoms with Crippen molar-refractivity contribution in [2.75, 3.05) is 18.0 Å². The number of pyridine rings is 1. The molecular formula is C12H17N3O2. The molecule has 0 radical (unpaired) electrons. The van der Waals surface area contributed by atoms with E-state index in [0.29, 0.717) is 6.54 Å². The summed E-state index contributed by atoms with van der Waals surface area (Å²) >= 11 is 0. The molecule has 5 heteroatoms. The quantitative estimate of drug-likeness (QED) is 0.788. The highest BCUT2D eigenvalue weighted by Gasteiger charge is 2.39. The molecule has 2 heterocycles. The fraction of sp³-hybridized carbons (Fsp3) is 0.500. The van der Waals surface area contributed by atoms with Gasteiger partial charge in [0.2, 0.25) is 5.91 Å². The number of hydrogen-bond donors (Lipinski definition) is 2. The van der Waals surface area contributed by atoms with E-state index in [2.05, 4.69) is 4.98 Å². The van der Waals surface area contributed by atoms with E-state index in [0.717, 1.165) is 24.3 Å². The molecule has 3 N–H and O–H groups in total. The van der Waals surface area contributed by atoms with Gasteiger partial charge >= 0.3 is 0 Å². The van der Waals surface area contributed by atoms with Crippen LogP contribution in [0, 0.1) is 5.41 Å². The summed E-state index contributed by atoms with van der Waals surface area (Å²) in [5.74, 6) is 0.569. The van der Waals surface area contributed by atoms with Crippen molar-refractivity contribution >= 4 is 11.7 Å². The van der Waals surface area contributed by atoms with Gasteiger partial charge in [-0.1, -0.05) is 6.07 Å². The number of amides is 1. The highest BCUT2D eigenvalue weighted by atomic mass is 16.3. The Hall–Kier alpha value is -1.62. The number of rotatable bonds is 3. The molecule has 0 aliphatic carbocycles. The number of aromatic nitrogens is 1. The molecule has 1 unspecified atom stereocenters. The number of aliphatic hydroxyl groups excluding tert-OH is 1. The van der Waals surface area contributed by atoms with E-state index in [9.17, 15) is 4.79 Å². The number of nitrogens with two attached hydrogens (primary N) is 1. The van der Waals surface area contributed by atoms with Crippen molar-refractivity contribution in [3.05, 3.63) is 23.9 Å². The normalized spacial score (nSPS) is 24.0. The van der Waals surface area contributed by atoms with Crippen molar-refractivity contribution < 1.29 is 9.90 Å². The summed E-state index contributed by atoms with van der Waals surface area (Å²) in [5, 5.41) is 8.93. The van der Waals surface area contributed by atoms with E-state index >= 15 is 0 Å². The predicted octanol–water partition coefficient (Wildman–Crippen LogP) is 0.276. The van der Waals surface area contributed by atoms with Crippen molar-refractivity contribution in [2.45, 2.75) is 20.0 Å². The first kappa shape index (κ1) is 11.9. The monoisotopic (exact) mass is 235 g/mol. The van der Waals surface area contributed by atoms with E-state index in [1.54, 1.807) is 6.20 Å². The molecule has 1 aromatic heterocycles.